The van der Waals surface area contributed by atoms with Crippen molar-refractivity contribution in [3.05, 3.63) is 0 Å². The molecule has 0 saturated carbocycles. The molecule has 18 heavy (non-hydrogen) atoms. The molecule has 1 heterocycles. The molecule has 1 fully saturated rings. The number of rotatable bonds is 5. The van der Waals surface area contributed by atoms with E-state index in [4.69, 9.17) is 4.74 Å². The highest BCUT2D eigenvalue weighted by Crippen LogP contribution is 1.99. The highest BCUT2D eigenvalue weighted by Gasteiger charge is 2.27. The van der Waals surface area contributed by atoms with Crippen LogP contribution in [-0.2, 0) is 19.1 Å². The number of aliphatic hydroxyl groups excluding tert-OH is 1. The molecule has 0 aromatic heterocycles. The van der Waals surface area contributed by atoms with Crippen molar-refractivity contribution in [3.63, 3.8) is 0 Å². The zero-order valence-electron chi connectivity index (χ0n) is 10.7. The van der Waals surface area contributed by atoms with E-state index in [1.807, 2.05) is 4.90 Å². The molecule has 0 aromatic carbocycles. The van der Waals surface area contributed by atoms with Crippen LogP contribution in [-0.4, -0.2) is 74.0 Å². The van der Waals surface area contributed by atoms with Crippen molar-refractivity contribution < 1.29 is 24.2 Å². The molecule has 0 spiro atoms. The monoisotopic (exact) mass is 260 g/mol. The van der Waals surface area contributed by atoms with Crippen LogP contribution >= 0.6 is 0 Å². The van der Waals surface area contributed by atoms with Crippen molar-refractivity contribution in [2.75, 3.05) is 40.0 Å². The highest BCUT2D eigenvalue weighted by atomic mass is 16.5. The summed E-state index contributed by atoms with van der Waals surface area (Å²) in [6, 6.07) is -1.02. The van der Waals surface area contributed by atoms with Crippen LogP contribution < -0.4 is 5.32 Å². The van der Waals surface area contributed by atoms with Crippen LogP contribution in [0.1, 0.15) is 6.92 Å². The summed E-state index contributed by atoms with van der Waals surface area (Å²) in [4.78, 5) is 25.0. The van der Waals surface area contributed by atoms with Crippen molar-refractivity contribution in [1.82, 2.24) is 10.2 Å². The smallest absolute Gasteiger partial charge is 0.331 e. The number of hydrogen-bond donors (Lipinski definition) is 2. The first-order chi connectivity index (χ1) is 8.54. The Morgan fingerprint density at radius 1 is 1.44 bits per heavy atom. The number of carbonyl (C=O) groups excluding carboxylic acids is 2. The van der Waals surface area contributed by atoms with Gasteiger partial charge in [-0.05, 0) is 6.92 Å². The van der Waals surface area contributed by atoms with Gasteiger partial charge in [-0.1, -0.05) is 0 Å². The van der Waals surface area contributed by atoms with Crippen molar-refractivity contribution in [2.45, 2.75) is 19.1 Å². The lowest BCUT2D eigenvalue weighted by Gasteiger charge is -2.27. The molecule has 0 bridgehead atoms. The molecule has 104 valence electrons. The minimum Gasteiger partial charge on any atom is -0.467 e. The lowest BCUT2D eigenvalue weighted by molar-refractivity contribution is -0.148. The number of amides is 1. The summed E-state index contributed by atoms with van der Waals surface area (Å²) < 4.78 is 9.69. The Labute approximate surface area is 106 Å². The Morgan fingerprint density at radius 2 is 2.06 bits per heavy atom. The number of morpholine rings is 1. The van der Waals surface area contributed by atoms with E-state index in [-0.39, 0.29) is 12.5 Å². The van der Waals surface area contributed by atoms with Crippen LogP contribution in [0.15, 0.2) is 0 Å². The van der Waals surface area contributed by atoms with E-state index in [1.54, 1.807) is 0 Å². The molecule has 1 amide bonds. The molecule has 2 unspecified atom stereocenters. The fraction of sp³-hybridized carbons (Fsp3) is 0.818. The third-order valence-corrected chi connectivity index (χ3v) is 2.72. The predicted molar refractivity (Wildman–Crippen MR) is 62.9 cm³/mol. The first-order valence-corrected chi connectivity index (χ1v) is 5.90. The zero-order valence-corrected chi connectivity index (χ0v) is 10.7. The van der Waals surface area contributed by atoms with E-state index in [1.165, 1.54) is 14.0 Å². The molecular formula is C11H20N2O5. The van der Waals surface area contributed by atoms with Crippen molar-refractivity contribution >= 4 is 11.9 Å². The van der Waals surface area contributed by atoms with Crippen LogP contribution in [0.2, 0.25) is 0 Å². The Kier molecular flexibility index (Phi) is 6.03. The molecule has 7 heteroatoms. The number of nitrogens with one attached hydrogen (secondary N) is 1. The molecule has 0 aliphatic carbocycles. The molecule has 1 rings (SSSR count). The Balaban J connectivity index is 2.42. The maximum atomic E-state index is 11.7. The van der Waals surface area contributed by atoms with Gasteiger partial charge in [-0.15, -0.1) is 0 Å². The van der Waals surface area contributed by atoms with Gasteiger partial charge in [0.15, 0.2) is 6.04 Å². The molecule has 1 aliphatic heterocycles. The minimum absolute atomic E-state index is 0.184. The Morgan fingerprint density at radius 3 is 2.56 bits per heavy atom. The van der Waals surface area contributed by atoms with Gasteiger partial charge in [-0.25, -0.2) is 4.79 Å². The SMILES string of the molecule is COC(=O)C(NC(=O)CN1CCOCC1)C(C)O. The number of hydrogen-bond acceptors (Lipinski definition) is 6. The first-order valence-electron chi connectivity index (χ1n) is 5.90. The minimum atomic E-state index is -1.02. The molecule has 0 aromatic rings. The van der Waals surface area contributed by atoms with Crippen LogP contribution in [0, 0.1) is 0 Å². The maximum absolute atomic E-state index is 11.7. The van der Waals surface area contributed by atoms with Crippen LogP contribution in [0.5, 0.6) is 0 Å². The fourth-order valence-electron chi connectivity index (χ4n) is 1.68. The van der Waals surface area contributed by atoms with Crippen LogP contribution in [0.3, 0.4) is 0 Å². The molecule has 1 saturated heterocycles. The van der Waals surface area contributed by atoms with E-state index in [2.05, 4.69) is 10.1 Å². The summed E-state index contributed by atoms with van der Waals surface area (Å²) in [6.45, 7) is 4.18. The first kappa shape index (κ1) is 14.9. The number of carbonyl (C=O) groups is 2. The van der Waals surface area contributed by atoms with Gasteiger partial charge in [0.2, 0.25) is 5.91 Å². The fourth-order valence-corrected chi connectivity index (χ4v) is 1.68. The second-order valence-corrected chi connectivity index (χ2v) is 4.20. The van der Waals surface area contributed by atoms with Gasteiger partial charge < -0.3 is 19.9 Å². The quantitative estimate of drug-likeness (QED) is 0.576. The van der Waals surface area contributed by atoms with Gasteiger partial charge in [-0.3, -0.25) is 9.69 Å². The molecule has 2 N–H and O–H groups in total. The molecule has 0 radical (unpaired) electrons. The van der Waals surface area contributed by atoms with E-state index < -0.39 is 18.1 Å². The second kappa shape index (κ2) is 7.30. The summed E-state index contributed by atoms with van der Waals surface area (Å²) in [5, 5.41) is 11.9. The van der Waals surface area contributed by atoms with Gasteiger partial charge in [0.25, 0.3) is 0 Å². The topological polar surface area (TPSA) is 88.1 Å². The predicted octanol–water partition coefficient (Wildman–Crippen LogP) is -1.64. The van der Waals surface area contributed by atoms with Gasteiger partial charge in [0.05, 0.1) is 33.0 Å². The van der Waals surface area contributed by atoms with E-state index in [9.17, 15) is 14.7 Å². The second-order valence-electron chi connectivity index (χ2n) is 4.20. The van der Waals surface area contributed by atoms with Gasteiger partial charge in [0, 0.05) is 13.1 Å². The highest BCUT2D eigenvalue weighted by molar-refractivity contribution is 5.85. The Hall–Kier alpha value is -1.18. The van der Waals surface area contributed by atoms with Gasteiger partial charge in [-0.2, -0.15) is 0 Å². The third-order valence-electron chi connectivity index (χ3n) is 2.72. The van der Waals surface area contributed by atoms with Crippen LogP contribution in [0.4, 0.5) is 0 Å². The lowest BCUT2D eigenvalue weighted by atomic mass is 10.2. The normalized spacial score (nSPS) is 19.9. The molecular weight excluding hydrogens is 240 g/mol. The summed E-state index contributed by atoms with van der Waals surface area (Å²) in [7, 11) is 1.21. The number of methoxy groups -OCH3 is 1. The lowest BCUT2D eigenvalue weighted by Crippen LogP contribution is -2.52. The van der Waals surface area contributed by atoms with E-state index >= 15 is 0 Å². The van der Waals surface area contributed by atoms with Gasteiger partial charge >= 0.3 is 5.97 Å². The van der Waals surface area contributed by atoms with E-state index in [0.717, 1.165) is 0 Å². The molecule has 1 aliphatic rings. The third kappa shape index (κ3) is 4.59. The average Bonchev–Trinajstić information content (AvgIpc) is 2.36. The van der Waals surface area contributed by atoms with Crippen molar-refractivity contribution in [3.8, 4) is 0 Å². The number of nitrogens with zero attached hydrogens (tertiary/aromatic N) is 1. The maximum Gasteiger partial charge on any atom is 0.331 e. The molecule has 2 atom stereocenters. The number of aliphatic hydroxyl groups is 1. The Bertz CT molecular complexity index is 289. The van der Waals surface area contributed by atoms with Gasteiger partial charge in [0.1, 0.15) is 0 Å². The summed E-state index contributed by atoms with van der Waals surface area (Å²) >= 11 is 0. The van der Waals surface area contributed by atoms with Crippen LogP contribution in [0.25, 0.3) is 0 Å². The standard InChI is InChI=1S/C11H20N2O5/c1-8(14)10(11(16)17-2)12-9(15)7-13-3-5-18-6-4-13/h8,10,14H,3-7H2,1-2H3,(H,12,15). The average molecular weight is 260 g/mol. The van der Waals surface area contributed by atoms with Crippen molar-refractivity contribution in [2.24, 2.45) is 0 Å². The largest absolute Gasteiger partial charge is 0.467 e. The van der Waals surface area contributed by atoms with Crippen molar-refractivity contribution in [1.29, 1.82) is 0 Å². The summed E-state index contributed by atoms with van der Waals surface area (Å²) in [5.41, 5.74) is 0. The van der Waals surface area contributed by atoms with E-state index in [0.29, 0.717) is 26.3 Å². The number of ether oxygens (including phenoxy) is 2. The zero-order chi connectivity index (χ0) is 13.5. The summed E-state index contributed by atoms with van der Waals surface area (Å²) in [6.07, 6.45) is -0.994. The number of esters is 1. The summed E-state index contributed by atoms with van der Waals surface area (Å²) in [5.74, 6) is -0.964. The molecule has 7 nitrogen and oxygen atoms in total.